The van der Waals surface area contributed by atoms with E-state index in [0.29, 0.717) is 35.8 Å². The molecule has 36 heavy (non-hydrogen) atoms. The molecule has 0 unspecified atom stereocenters. The molecular formula is C27H28N2O7. The lowest BCUT2D eigenvalue weighted by Gasteiger charge is -2.15. The van der Waals surface area contributed by atoms with Crippen LogP contribution in [0.25, 0.3) is 0 Å². The van der Waals surface area contributed by atoms with Crippen molar-refractivity contribution in [3.05, 3.63) is 70.8 Å². The van der Waals surface area contributed by atoms with Crippen LogP contribution in [0, 0.1) is 13.8 Å². The van der Waals surface area contributed by atoms with Crippen molar-refractivity contribution in [2.75, 3.05) is 18.7 Å². The van der Waals surface area contributed by atoms with Crippen molar-refractivity contribution >= 4 is 17.6 Å². The first-order valence-electron chi connectivity index (χ1n) is 11.5. The molecule has 1 aliphatic rings. The Morgan fingerprint density at radius 1 is 0.972 bits per heavy atom. The topological polar surface area (TPSA) is 115 Å². The maximum atomic E-state index is 11.9. The van der Waals surface area contributed by atoms with Gasteiger partial charge in [-0.05, 0) is 79.9 Å². The van der Waals surface area contributed by atoms with Crippen LogP contribution >= 0.6 is 0 Å². The number of nitrogens with one attached hydrogen (secondary N) is 2. The standard InChI is InChI=1S/C27H28N2O7/c1-4-33-27(32)26(31)29-20-9-16(2)25(17(3)10-20)36-21-6-7-22(30)19(12-21)14-28-13-18-5-8-23-24(11-18)35-15-34-23/h5-12,28,30H,4,13-15H2,1-3H3,(H,29,31). The summed E-state index contributed by atoms with van der Waals surface area (Å²) in [7, 11) is 0. The fourth-order valence-electron chi connectivity index (χ4n) is 3.84. The summed E-state index contributed by atoms with van der Waals surface area (Å²) >= 11 is 0. The Kier molecular flexibility index (Phi) is 7.60. The summed E-state index contributed by atoms with van der Waals surface area (Å²) in [6, 6.07) is 14.3. The summed E-state index contributed by atoms with van der Waals surface area (Å²) in [6.45, 7) is 6.69. The average molecular weight is 493 g/mol. The number of fused-ring (bicyclic) bond motifs is 1. The largest absolute Gasteiger partial charge is 0.508 e. The molecule has 0 saturated carbocycles. The monoisotopic (exact) mass is 492 g/mol. The van der Waals surface area contributed by atoms with Gasteiger partial charge in [-0.1, -0.05) is 6.07 Å². The second kappa shape index (κ2) is 11.0. The van der Waals surface area contributed by atoms with Crippen LogP contribution in [0.2, 0.25) is 0 Å². The van der Waals surface area contributed by atoms with Crippen LogP contribution in [0.3, 0.4) is 0 Å². The quantitative estimate of drug-likeness (QED) is 0.315. The second-order valence-electron chi connectivity index (χ2n) is 8.30. The fraction of sp³-hybridized carbons (Fsp3) is 0.259. The lowest BCUT2D eigenvalue weighted by Crippen LogP contribution is -2.25. The molecule has 0 fully saturated rings. The van der Waals surface area contributed by atoms with Gasteiger partial charge in [-0.25, -0.2) is 4.79 Å². The average Bonchev–Trinajstić information content (AvgIpc) is 3.31. The number of ether oxygens (including phenoxy) is 4. The van der Waals surface area contributed by atoms with Crippen molar-refractivity contribution < 1.29 is 33.6 Å². The Balaban J connectivity index is 1.40. The van der Waals surface area contributed by atoms with Crippen molar-refractivity contribution in [2.45, 2.75) is 33.9 Å². The zero-order chi connectivity index (χ0) is 25.7. The summed E-state index contributed by atoms with van der Waals surface area (Å²) in [5.74, 6) is 1.03. The number of amides is 1. The third kappa shape index (κ3) is 5.87. The number of hydrogen-bond donors (Lipinski definition) is 3. The molecule has 1 aliphatic heterocycles. The summed E-state index contributed by atoms with van der Waals surface area (Å²) in [4.78, 5) is 23.5. The number of phenols is 1. The molecule has 0 aliphatic carbocycles. The third-order valence-electron chi connectivity index (χ3n) is 5.53. The van der Waals surface area contributed by atoms with E-state index in [1.54, 1.807) is 37.3 Å². The summed E-state index contributed by atoms with van der Waals surface area (Å²) < 4.78 is 21.6. The Morgan fingerprint density at radius 3 is 2.47 bits per heavy atom. The van der Waals surface area contributed by atoms with E-state index in [4.69, 9.17) is 18.9 Å². The molecule has 188 valence electrons. The van der Waals surface area contributed by atoms with Crippen LogP contribution in [0.1, 0.15) is 29.2 Å². The van der Waals surface area contributed by atoms with Crippen molar-refractivity contribution in [1.82, 2.24) is 5.32 Å². The Bertz CT molecular complexity index is 1270. The molecule has 3 N–H and O–H groups in total. The first kappa shape index (κ1) is 24.9. The van der Waals surface area contributed by atoms with Crippen LogP contribution in [0.5, 0.6) is 28.7 Å². The van der Waals surface area contributed by atoms with Crippen LogP contribution in [0.4, 0.5) is 5.69 Å². The van der Waals surface area contributed by atoms with Gasteiger partial charge in [-0.15, -0.1) is 0 Å². The van der Waals surface area contributed by atoms with Crippen LogP contribution < -0.4 is 24.8 Å². The number of benzene rings is 3. The lowest BCUT2D eigenvalue weighted by molar-refractivity contribution is -0.152. The number of hydrogen-bond acceptors (Lipinski definition) is 8. The molecule has 0 radical (unpaired) electrons. The van der Waals surface area contributed by atoms with Gasteiger partial charge in [0.05, 0.1) is 6.61 Å². The fourth-order valence-corrected chi connectivity index (χ4v) is 3.84. The molecule has 9 nitrogen and oxygen atoms in total. The van der Waals surface area contributed by atoms with E-state index in [2.05, 4.69) is 10.6 Å². The molecule has 4 rings (SSSR count). The molecule has 3 aromatic carbocycles. The van der Waals surface area contributed by atoms with Crippen LogP contribution in [-0.2, 0) is 27.4 Å². The third-order valence-corrected chi connectivity index (χ3v) is 5.53. The summed E-state index contributed by atoms with van der Waals surface area (Å²) in [6.07, 6.45) is 0. The van der Waals surface area contributed by atoms with Gasteiger partial charge in [0.2, 0.25) is 6.79 Å². The number of aromatic hydroxyl groups is 1. The van der Waals surface area contributed by atoms with E-state index in [1.165, 1.54) is 0 Å². The van der Waals surface area contributed by atoms with Crippen molar-refractivity contribution in [2.24, 2.45) is 0 Å². The number of carbonyl (C=O) groups excluding carboxylic acids is 2. The highest BCUT2D eigenvalue weighted by molar-refractivity contribution is 6.37. The Labute approximate surface area is 208 Å². The van der Waals surface area contributed by atoms with Crippen molar-refractivity contribution in [3.63, 3.8) is 0 Å². The molecule has 0 aromatic heterocycles. The van der Waals surface area contributed by atoms with Crippen LogP contribution in [0.15, 0.2) is 48.5 Å². The maximum Gasteiger partial charge on any atom is 0.397 e. The van der Waals surface area contributed by atoms with E-state index in [9.17, 15) is 14.7 Å². The van der Waals surface area contributed by atoms with Gasteiger partial charge >= 0.3 is 11.9 Å². The smallest absolute Gasteiger partial charge is 0.397 e. The molecular weight excluding hydrogens is 464 g/mol. The molecule has 0 spiro atoms. The predicted octanol–water partition coefficient (Wildman–Crippen LogP) is 4.32. The molecule has 1 amide bonds. The van der Waals surface area contributed by atoms with Gasteiger partial charge in [0.15, 0.2) is 11.5 Å². The number of carbonyl (C=O) groups is 2. The van der Waals surface area contributed by atoms with Gasteiger partial charge in [0.25, 0.3) is 0 Å². The minimum atomic E-state index is -0.933. The first-order chi connectivity index (χ1) is 17.3. The number of aryl methyl sites for hydroxylation is 2. The van der Waals surface area contributed by atoms with Crippen molar-refractivity contribution in [1.29, 1.82) is 0 Å². The van der Waals surface area contributed by atoms with E-state index in [1.807, 2.05) is 32.0 Å². The number of esters is 1. The zero-order valence-electron chi connectivity index (χ0n) is 20.3. The van der Waals surface area contributed by atoms with Gasteiger partial charge in [0, 0.05) is 24.3 Å². The number of rotatable bonds is 8. The Morgan fingerprint density at radius 2 is 1.72 bits per heavy atom. The molecule has 0 saturated heterocycles. The minimum Gasteiger partial charge on any atom is -0.508 e. The summed E-state index contributed by atoms with van der Waals surface area (Å²) in [5.41, 5.74) is 3.72. The minimum absolute atomic E-state index is 0.125. The highest BCUT2D eigenvalue weighted by Crippen LogP contribution is 2.34. The second-order valence-corrected chi connectivity index (χ2v) is 8.30. The molecule has 9 heteroatoms. The van der Waals surface area contributed by atoms with Gasteiger partial charge in [-0.3, -0.25) is 4.79 Å². The predicted molar refractivity (Wildman–Crippen MR) is 132 cm³/mol. The van der Waals surface area contributed by atoms with Gasteiger partial charge in [-0.2, -0.15) is 0 Å². The molecule has 1 heterocycles. The van der Waals surface area contributed by atoms with Gasteiger partial charge < -0.3 is 34.7 Å². The van der Waals surface area contributed by atoms with Crippen LogP contribution in [-0.4, -0.2) is 30.4 Å². The lowest BCUT2D eigenvalue weighted by atomic mass is 10.1. The molecule has 0 atom stereocenters. The van der Waals surface area contributed by atoms with Crippen molar-refractivity contribution in [3.8, 4) is 28.7 Å². The van der Waals surface area contributed by atoms with E-state index in [-0.39, 0.29) is 19.1 Å². The van der Waals surface area contributed by atoms with E-state index >= 15 is 0 Å². The summed E-state index contributed by atoms with van der Waals surface area (Å²) in [5, 5.41) is 16.2. The number of anilines is 1. The first-order valence-corrected chi connectivity index (χ1v) is 11.5. The molecule has 3 aromatic rings. The molecule has 0 bridgehead atoms. The van der Waals surface area contributed by atoms with E-state index in [0.717, 1.165) is 28.2 Å². The van der Waals surface area contributed by atoms with E-state index < -0.39 is 11.9 Å². The number of phenolic OH excluding ortho intramolecular Hbond substituents is 1. The van der Waals surface area contributed by atoms with Gasteiger partial charge in [0.1, 0.15) is 17.2 Å². The zero-order valence-corrected chi connectivity index (χ0v) is 20.3. The maximum absolute atomic E-state index is 11.9. The normalized spacial score (nSPS) is 11.8. The Hall–Kier alpha value is -4.24. The highest BCUT2D eigenvalue weighted by atomic mass is 16.7. The SMILES string of the molecule is CCOC(=O)C(=O)Nc1cc(C)c(Oc2ccc(O)c(CNCc3ccc4c(c3)OCO4)c2)c(C)c1. The highest BCUT2D eigenvalue weighted by Gasteiger charge is 2.17.